The molecule has 0 saturated heterocycles. The number of nitrogens with zero attached hydrogens (tertiary/aromatic N) is 6. The highest BCUT2D eigenvalue weighted by atomic mass is 16.6. The molecular weight excluding hydrogens is 1370 g/mol. The summed E-state index contributed by atoms with van der Waals surface area (Å²) in [5.41, 5.74) is 14.7. The summed E-state index contributed by atoms with van der Waals surface area (Å²) in [5.74, 6) is 0. The largest absolute Gasteiger partial charge is 0.618 e. The maximum absolute atomic E-state index is 11.5. The highest BCUT2D eigenvalue weighted by molar-refractivity contribution is 5.56. The molecule has 2 aliphatic heterocycles. The molecule has 11 heterocycles. The number of aromatic amines is 8. The fourth-order valence-electron chi connectivity index (χ4n) is 14.8. The first-order chi connectivity index (χ1) is 51.1. The molecule has 16 bridgehead atoms. The first-order valence-corrected chi connectivity index (χ1v) is 34.9. The van der Waals surface area contributed by atoms with E-state index in [-0.39, 0.29) is 42.4 Å². The zero-order chi connectivity index (χ0) is 78.4. The monoisotopic (exact) mass is 1460 g/mol. The van der Waals surface area contributed by atoms with Crippen molar-refractivity contribution in [3.8, 4) is 0 Å². The molecule has 26 nitrogen and oxygen atoms in total. The van der Waals surface area contributed by atoms with Crippen molar-refractivity contribution in [1.29, 1.82) is 0 Å². The number of aliphatic hydroxyl groups is 2. The lowest BCUT2D eigenvalue weighted by molar-refractivity contribution is -0.665. The van der Waals surface area contributed by atoms with Crippen molar-refractivity contribution in [3.63, 3.8) is 0 Å². The van der Waals surface area contributed by atoms with Crippen LogP contribution in [0.1, 0.15) is 196 Å². The molecule has 0 spiro atoms. The summed E-state index contributed by atoms with van der Waals surface area (Å²) < 4.78 is 1.10. The van der Waals surface area contributed by atoms with Crippen molar-refractivity contribution in [1.82, 2.24) is 39.9 Å². The molecule has 0 aliphatic carbocycles. The number of benzene rings is 4. The molecule has 13 aromatic rings. The van der Waals surface area contributed by atoms with Gasteiger partial charge in [-0.15, -0.1) is 0 Å². The van der Waals surface area contributed by atoms with Crippen LogP contribution in [-0.2, 0) is 43.3 Å². The quantitative estimate of drug-likeness (QED) is 0.0294. The van der Waals surface area contributed by atoms with Crippen LogP contribution in [0.5, 0.6) is 0 Å². The van der Waals surface area contributed by atoms with Crippen LogP contribution < -0.4 is 9.46 Å². The van der Waals surface area contributed by atoms with E-state index in [2.05, 4.69) is 220 Å². The van der Waals surface area contributed by atoms with Crippen LogP contribution in [0.15, 0.2) is 219 Å². The van der Waals surface area contributed by atoms with Crippen molar-refractivity contribution in [2.75, 3.05) is 14.2 Å². The summed E-state index contributed by atoms with van der Waals surface area (Å²) in [6.45, 7) is 25.8. The molecule has 0 fully saturated rings. The lowest BCUT2D eigenvalue weighted by Crippen LogP contribution is -2.33. The third-order valence-corrected chi connectivity index (χ3v) is 22.5. The molecule has 4 aromatic carbocycles. The number of hydrogen-bond acceptors (Lipinski definition) is 12. The minimum absolute atomic E-state index is 0.0444. The van der Waals surface area contributed by atoms with Gasteiger partial charge in [0.05, 0.1) is 41.4 Å². The standard InChI is InChI=1S/2C38H38N6O4.C4H4N2O2.2CH4O/c2*1-35(2)27-15-19-31(39-27)37(5,23-7-11-25(12-8-23)43(45)46)33-21-17-29(41-33)36(3,4)30-18-22-34(42-30)38(6,32-20-16-28(35)40-32)24-9-13-26(14-10-24)44(47)48;7-5-1-2-6(8)4-3-5;2*1-2/h2*7-22,39-42H,1-6H3;1-4H;2*2H,1H3. The predicted octanol–water partition coefficient (Wildman–Crippen LogP) is 15.1. The summed E-state index contributed by atoms with van der Waals surface area (Å²) in [6.07, 6.45) is 4.53. The average molecular weight is 1460 g/mol. The minimum atomic E-state index is -0.689. The maximum atomic E-state index is 11.5. The maximum Gasteiger partial charge on any atom is 0.269 e. The van der Waals surface area contributed by atoms with Gasteiger partial charge in [-0.2, -0.15) is 9.46 Å². The van der Waals surface area contributed by atoms with Crippen molar-refractivity contribution >= 4 is 22.7 Å². The minimum Gasteiger partial charge on any atom is -0.618 e. The number of aliphatic hydroxyl groups excluding tert-OH is 2. The van der Waals surface area contributed by atoms with Gasteiger partial charge in [0.25, 0.3) is 22.7 Å². The fourth-order valence-corrected chi connectivity index (χ4v) is 14.8. The smallest absolute Gasteiger partial charge is 0.269 e. The SMILES string of the molecule is CC1(C)c2ccc([nH]2)C(C)(c2ccc([N+](=O)[O-])cc2)c2ccc([nH]2)C(C)(C)c2ccc([nH]2)C(C)(c2ccc([N+](=O)[O-])cc2)c2ccc1[nH]2.CC1(C)c2ccc([nH]2)C(C)(c2ccc([N+](=O)[O-])cc2)c2ccc([nH]2)C(C)(C)c2ccc([nH]2)C(C)(c2ccc([N+](=O)[O-])cc2)c2ccc1[nH]2.CO.CO.[O-][n+]1cc[n+]([O-])cc1. The molecule has 558 valence electrons. The van der Waals surface area contributed by atoms with Crippen molar-refractivity contribution in [2.45, 2.75) is 126 Å². The lowest BCUT2D eigenvalue weighted by atomic mass is 9.76. The van der Waals surface area contributed by atoms with Crippen LogP contribution in [0.3, 0.4) is 0 Å². The number of nitro groups is 4. The van der Waals surface area contributed by atoms with E-state index in [0.29, 0.717) is 9.46 Å². The molecule has 0 saturated carbocycles. The Balaban J connectivity index is 0.000000187. The molecule has 108 heavy (non-hydrogen) atoms. The zero-order valence-electron chi connectivity index (χ0n) is 62.4. The number of hydrogen-bond donors (Lipinski definition) is 10. The summed E-state index contributed by atoms with van der Waals surface area (Å²) in [4.78, 5) is 74.6. The Labute approximate surface area is 622 Å². The summed E-state index contributed by atoms with van der Waals surface area (Å²) in [5, 5.41) is 80.4. The molecule has 10 N–H and O–H groups in total. The van der Waals surface area contributed by atoms with Gasteiger partial charge in [0.2, 0.25) is 24.8 Å². The summed E-state index contributed by atoms with van der Waals surface area (Å²) in [7, 11) is 2.00. The number of H-pyrrole nitrogens is 8. The van der Waals surface area contributed by atoms with Crippen molar-refractivity contribution < 1.29 is 39.4 Å². The normalized spacial score (nSPS) is 19.6. The van der Waals surface area contributed by atoms with Crippen molar-refractivity contribution in [3.05, 3.63) is 383 Å². The first kappa shape index (κ1) is 76.4. The highest BCUT2D eigenvalue weighted by Crippen LogP contribution is 2.49. The van der Waals surface area contributed by atoms with Crippen LogP contribution in [0.2, 0.25) is 0 Å². The van der Waals surface area contributed by atoms with Gasteiger partial charge in [0.1, 0.15) is 0 Å². The average Bonchev–Trinajstić information content (AvgIpc) is 1.58. The molecule has 9 aromatic heterocycles. The van der Waals surface area contributed by atoms with Gasteiger partial charge in [0.15, 0.2) is 0 Å². The number of nitrogens with one attached hydrogen (secondary N) is 8. The Hall–Kier alpha value is -12.7. The van der Waals surface area contributed by atoms with Gasteiger partial charge in [-0.1, -0.05) is 48.5 Å². The van der Waals surface area contributed by atoms with E-state index >= 15 is 0 Å². The van der Waals surface area contributed by atoms with Crippen molar-refractivity contribution in [2.24, 2.45) is 0 Å². The second-order valence-corrected chi connectivity index (χ2v) is 29.8. The van der Waals surface area contributed by atoms with E-state index in [0.717, 1.165) is 152 Å². The third kappa shape index (κ3) is 13.2. The molecule has 0 amide bonds. The Morgan fingerprint density at radius 2 is 0.352 bits per heavy atom. The van der Waals surface area contributed by atoms with Gasteiger partial charge in [0, 0.05) is 176 Å². The molecule has 0 atom stereocenters. The number of rotatable bonds is 8. The molecule has 2 aliphatic rings. The topological polar surface area (TPSA) is 393 Å². The third-order valence-electron chi connectivity index (χ3n) is 22.5. The Morgan fingerprint density at radius 3 is 0.472 bits per heavy atom. The van der Waals surface area contributed by atoms with E-state index in [1.165, 1.54) is 0 Å². The Bertz CT molecular complexity index is 4570. The molecule has 15 rings (SSSR count). The molecule has 0 unspecified atom stereocenters. The molecular formula is C82H88N14O12. The lowest BCUT2D eigenvalue weighted by Gasteiger charge is -2.32. The first-order valence-electron chi connectivity index (χ1n) is 34.9. The van der Waals surface area contributed by atoms with Crippen LogP contribution in [-0.4, -0.2) is 84.0 Å². The number of non-ortho nitro benzene ring substituents is 4. The van der Waals surface area contributed by atoms with Crippen LogP contribution >= 0.6 is 0 Å². The van der Waals surface area contributed by atoms with Gasteiger partial charge in [-0.3, -0.25) is 40.5 Å². The van der Waals surface area contributed by atoms with E-state index in [9.17, 15) is 50.9 Å². The zero-order valence-corrected chi connectivity index (χ0v) is 62.4. The summed E-state index contributed by atoms with van der Waals surface area (Å²) >= 11 is 0. The number of nitro benzene ring substituents is 4. The van der Waals surface area contributed by atoms with Crippen LogP contribution in [0.4, 0.5) is 22.7 Å². The van der Waals surface area contributed by atoms with Gasteiger partial charge in [-0.05, 0) is 202 Å². The Kier molecular flexibility index (Phi) is 20.3. The van der Waals surface area contributed by atoms with Crippen LogP contribution in [0.25, 0.3) is 0 Å². The van der Waals surface area contributed by atoms with Gasteiger partial charge >= 0.3 is 0 Å². The second kappa shape index (κ2) is 28.7. The van der Waals surface area contributed by atoms with Gasteiger partial charge < -0.3 is 60.5 Å². The predicted molar refractivity (Wildman–Crippen MR) is 410 cm³/mol. The molecule has 0 radical (unpaired) electrons. The summed E-state index contributed by atoms with van der Waals surface area (Å²) in [6, 6.07) is 60.8. The van der Waals surface area contributed by atoms with E-state index in [4.69, 9.17) is 10.2 Å². The van der Waals surface area contributed by atoms with E-state index < -0.39 is 43.3 Å². The second-order valence-electron chi connectivity index (χ2n) is 29.8. The highest BCUT2D eigenvalue weighted by Gasteiger charge is 2.44. The number of aromatic nitrogens is 10. The van der Waals surface area contributed by atoms with E-state index in [1.54, 1.807) is 48.5 Å². The number of fused-ring (bicyclic) bond motifs is 16. The van der Waals surface area contributed by atoms with Crippen LogP contribution in [0, 0.1) is 50.9 Å². The van der Waals surface area contributed by atoms with E-state index in [1.807, 2.05) is 48.5 Å². The fraction of sp³-hybridized carbons (Fsp3) is 0.268. The molecule has 26 heteroatoms. The Morgan fingerprint density at radius 1 is 0.231 bits per heavy atom. The van der Waals surface area contributed by atoms with Gasteiger partial charge in [-0.25, -0.2) is 0 Å².